The van der Waals surface area contributed by atoms with E-state index in [4.69, 9.17) is 4.74 Å². The highest BCUT2D eigenvalue weighted by atomic mass is 32.2. The predicted octanol–water partition coefficient (Wildman–Crippen LogP) is 5.38. The number of nitrogens with one attached hydrogen (secondary N) is 1. The number of carbonyl (C=O) groups is 2. The number of aromatic amines is 1. The van der Waals surface area contributed by atoms with Crippen LogP contribution >= 0.6 is 23.1 Å². The van der Waals surface area contributed by atoms with Gasteiger partial charge >= 0.3 is 5.97 Å². The molecule has 0 atom stereocenters. The summed E-state index contributed by atoms with van der Waals surface area (Å²) in [5.74, 6) is 0.252. The summed E-state index contributed by atoms with van der Waals surface area (Å²) in [5.41, 5.74) is 3.30. The summed E-state index contributed by atoms with van der Waals surface area (Å²) >= 11 is 3.30. The molecule has 7 heteroatoms. The van der Waals surface area contributed by atoms with E-state index >= 15 is 0 Å². The van der Waals surface area contributed by atoms with Crippen molar-refractivity contribution in [2.24, 2.45) is 0 Å². The first-order valence-electron chi connectivity index (χ1n) is 9.36. The van der Waals surface area contributed by atoms with Gasteiger partial charge in [0, 0.05) is 34.3 Å². The average Bonchev–Trinajstić information content (AvgIpc) is 3.29. The summed E-state index contributed by atoms with van der Waals surface area (Å²) in [4.78, 5) is 32.3. The lowest BCUT2D eigenvalue weighted by atomic mass is 10.1. The molecule has 0 aliphatic carbocycles. The quantitative estimate of drug-likeness (QED) is 0.178. The highest BCUT2D eigenvalue weighted by molar-refractivity contribution is 8.01. The van der Waals surface area contributed by atoms with Crippen LogP contribution in [-0.4, -0.2) is 34.1 Å². The second-order valence-electron chi connectivity index (χ2n) is 6.65. The van der Waals surface area contributed by atoms with E-state index in [2.05, 4.69) is 16.0 Å². The first-order valence-corrected chi connectivity index (χ1v) is 11.2. The smallest absolute Gasteiger partial charge is 0.306 e. The Balaban J connectivity index is 1.23. The van der Waals surface area contributed by atoms with Crippen molar-refractivity contribution in [2.75, 3.05) is 12.4 Å². The number of thioether (sulfide) groups is 1. The van der Waals surface area contributed by atoms with E-state index in [0.717, 1.165) is 32.2 Å². The van der Waals surface area contributed by atoms with Gasteiger partial charge in [0.15, 0.2) is 10.9 Å². The van der Waals surface area contributed by atoms with Crippen LogP contribution in [0.4, 0.5) is 0 Å². The molecule has 4 aromatic rings. The Morgan fingerprint density at radius 1 is 1.14 bits per heavy atom. The fraction of sp³-hybridized carbons (Fsp3) is 0.227. The maximum Gasteiger partial charge on any atom is 0.306 e. The number of hydrogen-bond donors (Lipinski definition) is 1. The number of ether oxygens (including phenoxy) is 1. The molecule has 148 valence electrons. The number of esters is 1. The molecule has 0 unspecified atom stereocenters. The second-order valence-corrected chi connectivity index (χ2v) is 9.03. The third-order valence-corrected chi connectivity index (χ3v) is 6.83. The lowest BCUT2D eigenvalue weighted by Crippen LogP contribution is -2.14. The van der Waals surface area contributed by atoms with Gasteiger partial charge in [-0.1, -0.05) is 42.1 Å². The van der Waals surface area contributed by atoms with Crippen LogP contribution in [0.25, 0.3) is 21.1 Å². The van der Waals surface area contributed by atoms with Gasteiger partial charge in [-0.15, -0.1) is 11.3 Å². The largest absolute Gasteiger partial charge is 0.457 e. The number of rotatable bonds is 8. The lowest BCUT2D eigenvalue weighted by molar-refractivity contribution is -0.142. The Morgan fingerprint density at radius 2 is 1.93 bits per heavy atom. The highest BCUT2D eigenvalue weighted by Crippen LogP contribution is 2.29. The number of nitrogens with zero attached hydrogens (tertiary/aromatic N) is 1. The van der Waals surface area contributed by atoms with Crippen LogP contribution in [-0.2, 0) is 9.53 Å². The van der Waals surface area contributed by atoms with Crippen molar-refractivity contribution in [1.29, 1.82) is 0 Å². The van der Waals surface area contributed by atoms with Gasteiger partial charge in [0.25, 0.3) is 0 Å². The SMILES string of the molecule is Cc1[nH]c2ccccc2c1C(=O)COC(=O)CCCSc1nc2ccccc2s1. The third kappa shape index (κ3) is 4.52. The van der Waals surface area contributed by atoms with Gasteiger partial charge in [0.1, 0.15) is 0 Å². The summed E-state index contributed by atoms with van der Waals surface area (Å²) in [7, 11) is 0. The number of aromatic nitrogens is 2. The maximum absolute atomic E-state index is 12.5. The molecule has 0 radical (unpaired) electrons. The minimum Gasteiger partial charge on any atom is -0.457 e. The van der Waals surface area contributed by atoms with Crippen molar-refractivity contribution in [2.45, 2.75) is 24.1 Å². The van der Waals surface area contributed by atoms with Crippen LogP contribution in [0, 0.1) is 6.92 Å². The Labute approximate surface area is 176 Å². The van der Waals surface area contributed by atoms with Gasteiger partial charge in [-0.25, -0.2) is 4.98 Å². The van der Waals surface area contributed by atoms with E-state index in [0.29, 0.717) is 12.0 Å². The summed E-state index contributed by atoms with van der Waals surface area (Å²) in [6.45, 7) is 1.63. The first-order chi connectivity index (χ1) is 14.1. The molecule has 0 bridgehead atoms. The number of benzene rings is 2. The van der Waals surface area contributed by atoms with Gasteiger partial charge < -0.3 is 9.72 Å². The molecule has 2 aromatic heterocycles. The van der Waals surface area contributed by atoms with E-state index in [-0.39, 0.29) is 24.8 Å². The van der Waals surface area contributed by atoms with Crippen molar-refractivity contribution in [1.82, 2.24) is 9.97 Å². The summed E-state index contributed by atoms with van der Waals surface area (Å²) in [6, 6.07) is 15.7. The molecule has 5 nitrogen and oxygen atoms in total. The Bertz CT molecular complexity index is 1150. The standard InChI is InChI=1S/C22H20N2O3S2/c1-14-21(15-7-2-3-8-16(15)23-14)18(25)13-27-20(26)11-6-12-28-22-24-17-9-4-5-10-19(17)29-22/h2-5,7-10,23H,6,11-13H2,1H3. The lowest BCUT2D eigenvalue weighted by Gasteiger charge is -2.04. The molecule has 0 amide bonds. The molecule has 2 aromatic carbocycles. The molecule has 0 aliphatic heterocycles. The first kappa shape index (κ1) is 19.7. The Morgan fingerprint density at radius 3 is 2.79 bits per heavy atom. The number of hydrogen-bond acceptors (Lipinski definition) is 6. The van der Waals surface area contributed by atoms with Crippen molar-refractivity contribution < 1.29 is 14.3 Å². The third-order valence-electron chi connectivity index (χ3n) is 4.56. The number of ketones is 1. The topological polar surface area (TPSA) is 72.1 Å². The molecular weight excluding hydrogens is 404 g/mol. The summed E-state index contributed by atoms with van der Waals surface area (Å²) in [5, 5.41) is 0.860. The molecule has 0 spiro atoms. The predicted molar refractivity (Wildman–Crippen MR) is 118 cm³/mol. The van der Waals surface area contributed by atoms with E-state index < -0.39 is 0 Å². The van der Waals surface area contributed by atoms with Crippen LogP contribution in [0.15, 0.2) is 52.9 Å². The molecule has 1 N–H and O–H groups in total. The number of H-pyrrole nitrogens is 1. The van der Waals surface area contributed by atoms with Crippen molar-refractivity contribution in [3.05, 3.63) is 59.8 Å². The molecule has 0 aliphatic rings. The number of carbonyl (C=O) groups excluding carboxylic acids is 2. The second kappa shape index (κ2) is 8.80. The van der Waals surface area contributed by atoms with Crippen LogP contribution in [0.1, 0.15) is 28.9 Å². The van der Waals surface area contributed by atoms with Crippen molar-refractivity contribution in [3.8, 4) is 0 Å². The number of para-hydroxylation sites is 2. The van der Waals surface area contributed by atoms with E-state index in [1.165, 1.54) is 4.70 Å². The van der Waals surface area contributed by atoms with E-state index in [9.17, 15) is 9.59 Å². The number of Topliss-reactive ketones (excluding diaryl/α,β-unsaturated/α-hetero) is 1. The molecule has 0 saturated carbocycles. The maximum atomic E-state index is 12.5. The van der Waals surface area contributed by atoms with Gasteiger partial charge in [0.05, 0.1) is 10.2 Å². The summed E-state index contributed by atoms with van der Waals surface area (Å²) in [6.07, 6.45) is 0.970. The molecular formula is C22H20N2O3S2. The molecule has 0 fully saturated rings. The molecule has 0 saturated heterocycles. The highest BCUT2D eigenvalue weighted by Gasteiger charge is 2.17. The van der Waals surface area contributed by atoms with Crippen LogP contribution in [0.5, 0.6) is 0 Å². The van der Waals surface area contributed by atoms with Crippen LogP contribution in [0.3, 0.4) is 0 Å². The zero-order valence-corrected chi connectivity index (χ0v) is 17.6. The fourth-order valence-corrected chi connectivity index (χ4v) is 5.29. The monoisotopic (exact) mass is 424 g/mol. The normalized spacial score (nSPS) is 11.2. The van der Waals surface area contributed by atoms with Crippen LogP contribution < -0.4 is 0 Å². The van der Waals surface area contributed by atoms with E-state index in [1.54, 1.807) is 23.1 Å². The Kier molecular flexibility index (Phi) is 5.97. The molecule has 4 rings (SSSR count). The minimum atomic E-state index is -0.347. The Hall–Kier alpha value is -2.64. The van der Waals surface area contributed by atoms with Gasteiger partial charge in [-0.05, 0) is 31.5 Å². The zero-order chi connectivity index (χ0) is 20.2. The zero-order valence-electron chi connectivity index (χ0n) is 15.9. The van der Waals surface area contributed by atoms with E-state index in [1.807, 2.05) is 49.4 Å². The number of fused-ring (bicyclic) bond motifs is 2. The average molecular weight is 425 g/mol. The minimum absolute atomic E-state index is 0.183. The van der Waals surface area contributed by atoms with Crippen molar-refractivity contribution in [3.63, 3.8) is 0 Å². The number of thiazole rings is 1. The van der Waals surface area contributed by atoms with Crippen molar-refractivity contribution >= 4 is 56.0 Å². The van der Waals surface area contributed by atoms with Gasteiger partial charge in [0.2, 0.25) is 5.78 Å². The van der Waals surface area contributed by atoms with Gasteiger partial charge in [-0.3, -0.25) is 9.59 Å². The fourth-order valence-electron chi connectivity index (χ4n) is 3.22. The summed E-state index contributed by atoms with van der Waals surface area (Å²) < 4.78 is 7.38. The number of aryl methyl sites for hydroxylation is 1. The van der Waals surface area contributed by atoms with Crippen LogP contribution in [0.2, 0.25) is 0 Å². The molecule has 2 heterocycles. The van der Waals surface area contributed by atoms with Gasteiger partial charge in [-0.2, -0.15) is 0 Å². The molecule has 29 heavy (non-hydrogen) atoms.